The fraction of sp³-hybridized carbons (Fsp3) is 0.238. The Labute approximate surface area is 200 Å². The Hall–Kier alpha value is -2.96. The van der Waals surface area contributed by atoms with Gasteiger partial charge in [-0.25, -0.2) is 5.43 Å². The Balaban J connectivity index is 1.65. The van der Waals surface area contributed by atoms with Crippen molar-refractivity contribution in [2.24, 2.45) is 5.10 Å². The Morgan fingerprint density at radius 3 is 2.58 bits per heavy atom. The van der Waals surface area contributed by atoms with Gasteiger partial charge in [0.1, 0.15) is 9.90 Å². The first-order valence-electron chi connectivity index (χ1n) is 9.79. The average molecular weight is 507 g/mol. The van der Waals surface area contributed by atoms with E-state index in [4.69, 9.17) is 8.92 Å². The van der Waals surface area contributed by atoms with E-state index in [9.17, 15) is 13.2 Å². The molecule has 0 atom stereocenters. The Morgan fingerprint density at radius 2 is 1.91 bits per heavy atom. The molecule has 0 unspecified atom stereocenters. The van der Waals surface area contributed by atoms with Crippen LogP contribution in [-0.2, 0) is 14.9 Å². The molecule has 0 aliphatic heterocycles. The van der Waals surface area contributed by atoms with Crippen molar-refractivity contribution >= 4 is 45.3 Å². The summed E-state index contributed by atoms with van der Waals surface area (Å²) >= 11 is 2.69. The predicted octanol–water partition coefficient (Wildman–Crippen LogP) is 3.56. The van der Waals surface area contributed by atoms with Crippen LogP contribution in [0.1, 0.15) is 23.1 Å². The molecule has 1 heterocycles. The number of hydrogen-bond acceptors (Lipinski definition) is 10. The summed E-state index contributed by atoms with van der Waals surface area (Å²) in [5, 5.41) is 12.6. The smallest absolute Gasteiger partial charge is 0.339 e. The van der Waals surface area contributed by atoms with Crippen LogP contribution in [0.4, 0.5) is 0 Å². The van der Waals surface area contributed by atoms with Gasteiger partial charge in [-0.1, -0.05) is 40.8 Å². The topological polar surface area (TPSA) is 120 Å². The Bertz CT molecular complexity index is 1240. The van der Waals surface area contributed by atoms with Crippen molar-refractivity contribution in [1.82, 2.24) is 15.6 Å². The fourth-order valence-corrected chi connectivity index (χ4v) is 5.04. The number of carbonyl (C=O) groups excluding carboxylic acids is 1. The van der Waals surface area contributed by atoms with E-state index in [-0.39, 0.29) is 28.1 Å². The minimum absolute atomic E-state index is 0.0467. The van der Waals surface area contributed by atoms with Gasteiger partial charge in [-0.15, -0.1) is 10.2 Å². The van der Waals surface area contributed by atoms with E-state index in [1.807, 2.05) is 13.8 Å². The van der Waals surface area contributed by atoms with Crippen molar-refractivity contribution in [3.8, 4) is 11.5 Å². The van der Waals surface area contributed by atoms with Crippen LogP contribution in [-0.4, -0.2) is 43.1 Å². The van der Waals surface area contributed by atoms with E-state index in [0.29, 0.717) is 16.5 Å². The van der Waals surface area contributed by atoms with Gasteiger partial charge in [-0.05, 0) is 56.7 Å². The van der Waals surface area contributed by atoms with Crippen molar-refractivity contribution < 1.29 is 22.1 Å². The van der Waals surface area contributed by atoms with Gasteiger partial charge in [0.2, 0.25) is 0 Å². The molecule has 174 valence electrons. The quantitative estimate of drug-likeness (QED) is 0.192. The molecule has 1 aromatic heterocycles. The lowest BCUT2D eigenvalue weighted by atomic mass is 10.2. The third kappa shape index (κ3) is 7.27. The highest BCUT2D eigenvalue weighted by molar-refractivity contribution is 8.01. The largest absolute Gasteiger partial charge is 0.490 e. The number of thioether (sulfide) groups is 1. The molecule has 33 heavy (non-hydrogen) atoms. The minimum atomic E-state index is -4.02. The summed E-state index contributed by atoms with van der Waals surface area (Å²) in [6, 6.07) is 11.0. The first kappa shape index (κ1) is 24.7. The number of nitrogens with one attached hydrogen (secondary N) is 1. The van der Waals surface area contributed by atoms with Crippen LogP contribution in [0.2, 0.25) is 0 Å². The molecule has 9 nitrogen and oxygen atoms in total. The second kappa shape index (κ2) is 11.3. The number of benzene rings is 2. The van der Waals surface area contributed by atoms with Gasteiger partial charge in [0, 0.05) is 0 Å². The lowest BCUT2D eigenvalue weighted by Crippen LogP contribution is -2.19. The third-order valence-electron chi connectivity index (χ3n) is 4.01. The highest BCUT2D eigenvalue weighted by Gasteiger charge is 2.19. The van der Waals surface area contributed by atoms with Gasteiger partial charge in [-0.2, -0.15) is 13.5 Å². The maximum absolute atomic E-state index is 12.6. The summed E-state index contributed by atoms with van der Waals surface area (Å²) in [7, 11) is -4.02. The summed E-state index contributed by atoms with van der Waals surface area (Å²) in [5.41, 5.74) is 3.96. The van der Waals surface area contributed by atoms with Gasteiger partial charge >= 0.3 is 10.1 Å². The number of hydrogen-bond donors (Lipinski definition) is 1. The molecule has 0 bridgehead atoms. The standard InChI is InChI=1S/C21H22N4O5S3/c1-4-29-19-11-16(12-22-24-20(26)13-31-21-25-23-15(3)32-21)7-10-18(19)30-33(27,28)17-8-5-14(2)6-9-17/h5-12H,4,13H2,1-3H3,(H,24,26). The van der Waals surface area contributed by atoms with E-state index in [1.54, 1.807) is 31.2 Å². The monoisotopic (exact) mass is 506 g/mol. The van der Waals surface area contributed by atoms with Crippen molar-refractivity contribution in [2.75, 3.05) is 12.4 Å². The first-order chi connectivity index (χ1) is 15.8. The number of rotatable bonds is 10. The van der Waals surface area contributed by atoms with Gasteiger partial charge in [0.25, 0.3) is 5.91 Å². The lowest BCUT2D eigenvalue weighted by molar-refractivity contribution is -0.118. The number of nitrogens with zero attached hydrogens (tertiary/aromatic N) is 3. The predicted molar refractivity (Wildman–Crippen MR) is 128 cm³/mol. The van der Waals surface area contributed by atoms with E-state index in [2.05, 4.69) is 20.7 Å². The number of aromatic nitrogens is 2. The average Bonchev–Trinajstić information content (AvgIpc) is 3.19. The van der Waals surface area contributed by atoms with Crippen LogP contribution >= 0.6 is 23.1 Å². The summed E-state index contributed by atoms with van der Waals surface area (Å²) in [4.78, 5) is 12.0. The summed E-state index contributed by atoms with van der Waals surface area (Å²) in [6.07, 6.45) is 1.43. The minimum Gasteiger partial charge on any atom is -0.490 e. The first-order valence-corrected chi connectivity index (χ1v) is 13.0. The molecule has 1 N–H and O–H groups in total. The van der Waals surface area contributed by atoms with Crippen LogP contribution in [0.15, 0.2) is 56.8 Å². The Morgan fingerprint density at radius 1 is 1.15 bits per heavy atom. The van der Waals surface area contributed by atoms with E-state index >= 15 is 0 Å². The van der Waals surface area contributed by atoms with Crippen LogP contribution in [0.3, 0.4) is 0 Å². The molecule has 0 aliphatic carbocycles. The van der Waals surface area contributed by atoms with Crippen molar-refractivity contribution in [2.45, 2.75) is 30.0 Å². The maximum Gasteiger partial charge on any atom is 0.339 e. The molecular weight excluding hydrogens is 484 g/mol. The number of aryl methyl sites for hydroxylation is 2. The fourth-order valence-electron chi connectivity index (χ4n) is 2.49. The van der Waals surface area contributed by atoms with E-state index in [0.717, 1.165) is 10.6 Å². The van der Waals surface area contributed by atoms with Gasteiger partial charge < -0.3 is 8.92 Å². The Kier molecular flexibility index (Phi) is 8.42. The molecule has 0 spiro atoms. The zero-order valence-electron chi connectivity index (χ0n) is 18.1. The molecule has 0 saturated heterocycles. The van der Waals surface area contributed by atoms with Crippen LogP contribution in [0, 0.1) is 13.8 Å². The van der Waals surface area contributed by atoms with Crippen molar-refractivity contribution in [3.05, 3.63) is 58.6 Å². The summed E-state index contributed by atoms with van der Waals surface area (Å²) in [5.74, 6) is 0.158. The van der Waals surface area contributed by atoms with Gasteiger partial charge in [-0.3, -0.25) is 4.79 Å². The second-order valence-electron chi connectivity index (χ2n) is 6.66. The van der Waals surface area contributed by atoms with Crippen LogP contribution in [0.5, 0.6) is 11.5 Å². The number of ether oxygens (including phenoxy) is 1. The van der Waals surface area contributed by atoms with Crippen molar-refractivity contribution in [1.29, 1.82) is 0 Å². The maximum atomic E-state index is 12.6. The lowest BCUT2D eigenvalue weighted by Gasteiger charge is -2.12. The SMILES string of the molecule is CCOc1cc(C=NNC(=O)CSc2nnc(C)s2)ccc1OS(=O)(=O)c1ccc(C)cc1. The number of carbonyl (C=O) groups is 1. The second-order valence-corrected chi connectivity index (χ2v) is 10.6. The normalized spacial score (nSPS) is 11.5. The molecule has 0 aliphatic rings. The molecule has 0 radical (unpaired) electrons. The molecule has 3 aromatic rings. The molecule has 0 fully saturated rings. The molecule has 1 amide bonds. The third-order valence-corrected chi connectivity index (χ3v) is 7.23. The molecular formula is C21H22N4O5S3. The zero-order valence-corrected chi connectivity index (χ0v) is 20.6. The van der Waals surface area contributed by atoms with E-state index < -0.39 is 10.1 Å². The highest BCUT2D eigenvalue weighted by Crippen LogP contribution is 2.31. The zero-order chi connectivity index (χ0) is 23.8. The molecule has 0 saturated carbocycles. The summed E-state index contributed by atoms with van der Waals surface area (Å²) in [6.45, 7) is 5.79. The van der Waals surface area contributed by atoms with Crippen LogP contribution < -0.4 is 14.3 Å². The van der Waals surface area contributed by atoms with Crippen LogP contribution in [0.25, 0.3) is 0 Å². The molecule has 12 heteroatoms. The number of amides is 1. The van der Waals surface area contributed by atoms with Gasteiger partial charge in [0.15, 0.2) is 15.8 Å². The molecule has 2 aromatic carbocycles. The highest BCUT2D eigenvalue weighted by atomic mass is 32.2. The number of hydrazone groups is 1. The summed E-state index contributed by atoms with van der Waals surface area (Å²) < 4.78 is 36.8. The molecule has 3 rings (SSSR count). The van der Waals surface area contributed by atoms with E-state index in [1.165, 1.54) is 47.5 Å². The van der Waals surface area contributed by atoms with Gasteiger partial charge in [0.05, 0.1) is 18.6 Å². The van der Waals surface area contributed by atoms with Crippen molar-refractivity contribution in [3.63, 3.8) is 0 Å².